The van der Waals surface area contributed by atoms with Crippen molar-refractivity contribution in [2.24, 2.45) is 11.5 Å². The van der Waals surface area contributed by atoms with Crippen LogP contribution in [0.3, 0.4) is 0 Å². The van der Waals surface area contributed by atoms with Crippen molar-refractivity contribution in [3.05, 3.63) is 90.1 Å². The third-order valence-electron chi connectivity index (χ3n) is 4.89. The lowest BCUT2D eigenvalue weighted by Crippen LogP contribution is -2.19. The van der Waals surface area contributed by atoms with Crippen molar-refractivity contribution in [1.82, 2.24) is 9.78 Å². The first-order valence-electron chi connectivity index (χ1n) is 9.65. The fourth-order valence-corrected chi connectivity index (χ4v) is 3.39. The summed E-state index contributed by atoms with van der Waals surface area (Å²) >= 11 is 0. The maximum atomic E-state index is 11.3. The number of urea groups is 1. The molecule has 0 spiro atoms. The first-order valence-corrected chi connectivity index (χ1v) is 9.65. The van der Waals surface area contributed by atoms with Gasteiger partial charge < -0.3 is 16.8 Å². The van der Waals surface area contributed by atoms with Gasteiger partial charge in [-0.15, -0.1) is 0 Å². The summed E-state index contributed by atoms with van der Waals surface area (Å²) in [6.07, 6.45) is 0. The maximum Gasteiger partial charge on any atom is 0.316 e. The summed E-state index contributed by atoms with van der Waals surface area (Å²) in [7, 11) is 0. The third-order valence-corrected chi connectivity index (χ3v) is 4.89. The molecule has 1 heterocycles. The van der Waals surface area contributed by atoms with Crippen LogP contribution in [0.25, 0.3) is 28.1 Å². The van der Waals surface area contributed by atoms with Gasteiger partial charge in [0.15, 0.2) is 0 Å². The number of hydrogen-bond donors (Lipinski definition) is 3. The van der Waals surface area contributed by atoms with Gasteiger partial charge in [-0.25, -0.2) is 9.48 Å². The number of carbonyl (C=O) groups is 2. The van der Waals surface area contributed by atoms with Gasteiger partial charge in [0, 0.05) is 16.8 Å². The summed E-state index contributed by atoms with van der Waals surface area (Å²) in [6, 6.07) is 24.0. The topological polar surface area (TPSA) is 116 Å². The van der Waals surface area contributed by atoms with Crippen molar-refractivity contribution >= 4 is 17.6 Å². The Balaban J connectivity index is 1.63. The van der Waals surface area contributed by atoms with E-state index in [1.807, 2.05) is 66.2 Å². The molecule has 0 aliphatic rings. The quantitative estimate of drug-likeness (QED) is 0.459. The third kappa shape index (κ3) is 4.30. The minimum absolute atomic E-state index is 0.441. The SMILES string of the molecule is Cc1cc(-c2ccc(-c3ccc(C(N)=O)cc3)cc2)n(-c2ccc(NC(N)=O)cc2)n1. The lowest BCUT2D eigenvalue weighted by atomic mass is 10.0. The van der Waals surface area contributed by atoms with Gasteiger partial charge >= 0.3 is 6.03 Å². The zero-order valence-corrected chi connectivity index (χ0v) is 16.9. The number of benzene rings is 3. The first-order chi connectivity index (χ1) is 14.9. The summed E-state index contributed by atoms with van der Waals surface area (Å²) in [6.45, 7) is 1.94. The Hall–Kier alpha value is -4.39. The highest BCUT2D eigenvalue weighted by Gasteiger charge is 2.11. The molecule has 0 atom stereocenters. The number of amides is 3. The van der Waals surface area contributed by atoms with Crippen molar-refractivity contribution in [3.63, 3.8) is 0 Å². The number of nitrogens with zero attached hydrogens (tertiary/aromatic N) is 2. The van der Waals surface area contributed by atoms with Crippen LogP contribution < -0.4 is 16.8 Å². The van der Waals surface area contributed by atoms with Crippen molar-refractivity contribution in [2.75, 3.05) is 5.32 Å². The first kappa shape index (κ1) is 19.9. The highest BCUT2D eigenvalue weighted by Crippen LogP contribution is 2.28. The van der Waals surface area contributed by atoms with E-state index in [1.54, 1.807) is 24.3 Å². The van der Waals surface area contributed by atoms with Gasteiger partial charge in [-0.2, -0.15) is 5.10 Å². The predicted octanol–water partition coefficient (Wildman–Crippen LogP) is 4.10. The molecule has 3 aromatic carbocycles. The Morgan fingerprint density at radius 3 is 1.90 bits per heavy atom. The van der Waals surface area contributed by atoms with Crippen molar-refractivity contribution in [3.8, 4) is 28.1 Å². The van der Waals surface area contributed by atoms with Crippen LogP contribution in [-0.4, -0.2) is 21.7 Å². The Bertz CT molecular complexity index is 1240. The second-order valence-corrected chi connectivity index (χ2v) is 7.14. The van der Waals surface area contributed by atoms with Crippen LogP contribution >= 0.6 is 0 Å². The van der Waals surface area contributed by atoms with Crippen molar-refractivity contribution < 1.29 is 9.59 Å². The van der Waals surface area contributed by atoms with E-state index in [0.29, 0.717) is 11.3 Å². The molecule has 0 aliphatic heterocycles. The van der Waals surface area contributed by atoms with Gasteiger partial charge in [0.2, 0.25) is 5.91 Å². The summed E-state index contributed by atoms with van der Waals surface area (Å²) in [5.74, 6) is -0.441. The molecule has 154 valence electrons. The van der Waals surface area contributed by atoms with E-state index in [1.165, 1.54) is 0 Å². The van der Waals surface area contributed by atoms with E-state index >= 15 is 0 Å². The van der Waals surface area contributed by atoms with Crippen molar-refractivity contribution in [2.45, 2.75) is 6.92 Å². The van der Waals surface area contributed by atoms with E-state index in [4.69, 9.17) is 11.5 Å². The molecule has 4 rings (SSSR count). The average Bonchev–Trinajstić information content (AvgIpc) is 3.16. The lowest BCUT2D eigenvalue weighted by molar-refractivity contribution is 0.100. The molecule has 0 fully saturated rings. The van der Waals surface area contributed by atoms with Gasteiger partial charge in [0.05, 0.1) is 17.1 Å². The number of carbonyl (C=O) groups excluding carboxylic acids is 2. The molecule has 0 unspecified atom stereocenters. The number of anilines is 1. The van der Waals surface area contributed by atoms with Crippen LogP contribution in [0.5, 0.6) is 0 Å². The maximum absolute atomic E-state index is 11.3. The Morgan fingerprint density at radius 2 is 1.35 bits per heavy atom. The summed E-state index contributed by atoms with van der Waals surface area (Å²) in [4.78, 5) is 22.3. The average molecular weight is 411 g/mol. The molecule has 3 amide bonds. The largest absolute Gasteiger partial charge is 0.366 e. The molecule has 4 aromatic rings. The van der Waals surface area contributed by atoms with E-state index < -0.39 is 11.9 Å². The molecule has 7 heteroatoms. The lowest BCUT2D eigenvalue weighted by Gasteiger charge is -2.10. The molecule has 5 N–H and O–H groups in total. The van der Waals surface area contributed by atoms with E-state index in [9.17, 15) is 9.59 Å². The fraction of sp³-hybridized carbons (Fsp3) is 0.0417. The van der Waals surface area contributed by atoms with E-state index in [0.717, 1.165) is 33.8 Å². The minimum atomic E-state index is -0.604. The number of hydrogen-bond acceptors (Lipinski definition) is 3. The summed E-state index contributed by atoms with van der Waals surface area (Å²) in [5.41, 5.74) is 17.3. The zero-order valence-electron chi connectivity index (χ0n) is 16.9. The van der Waals surface area contributed by atoms with Gasteiger partial charge in [-0.1, -0.05) is 36.4 Å². The number of rotatable bonds is 5. The molecule has 0 saturated heterocycles. The minimum Gasteiger partial charge on any atom is -0.366 e. The molecule has 1 aromatic heterocycles. The second kappa shape index (κ2) is 8.16. The van der Waals surface area contributed by atoms with Crippen LogP contribution in [0.4, 0.5) is 10.5 Å². The van der Waals surface area contributed by atoms with Gasteiger partial charge in [-0.05, 0) is 60.5 Å². The Kier molecular flexibility index (Phi) is 5.24. The van der Waals surface area contributed by atoms with Gasteiger partial charge in [-0.3, -0.25) is 4.79 Å². The van der Waals surface area contributed by atoms with Crippen LogP contribution in [0.15, 0.2) is 78.9 Å². The zero-order chi connectivity index (χ0) is 22.0. The van der Waals surface area contributed by atoms with E-state index in [2.05, 4.69) is 10.4 Å². The normalized spacial score (nSPS) is 10.6. The molecule has 7 nitrogen and oxygen atoms in total. The van der Waals surface area contributed by atoms with Crippen LogP contribution in [0, 0.1) is 6.92 Å². The Labute approximate surface area is 179 Å². The predicted molar refractivity (Wildman–Crippen MR) is 121 cm³/mol. The van der Waals surface area contributed by atoms with Gasteiger partial charge in [0.1, 0.15) is 0 Å². The number of primary amides is 2. The number of nitrogens with two attached hydrogens (primary N) is 2. The van der Waals surface area contributed by atoms with Crippen LogP contribution in [0.2, 0.25) is 0 Å². The highest BCUT2D eigenvalue weighted by atomic mass is 16.2. The molecule has 0 bridgehead atoms. The molecular formula is C24H21N5O2. The smallest absolute Gasteiger partial charge is 0.316 e. The monoisotopic (exact) mass is 411 g/mol. The number of aryl methyl sites for hydroxylation is 1. The fourth-order valence-electron chi connectivity index (χ4n) is 3.39. The number of nitrogens with one attached hydrogen (secondary N) is 1. The molecule has 0 aliphatic carbocycles. The molecular weight excluding hydrogens is 390 g/mol. The standard InChI is InChI=1S/C24H21N5O2/c1-15-14-22(29(28-15)21-12-10-20(11-13-21)27-24(26)31)18-6-2-16(3-7-18)17-4-8-19(9-5-17)23(25)30/h2-14H,1H3,(H2,25,30)(H3,26,27,31). The molecule has 0 saturated carbocycles. The highest BCUT2D eigenvalue weighted by molar-refractivity contribution is 5.93. The number of aromatic nitrogens is 2. The molecule has 31 heavy (non-hydrogen) atoms. The van der Waals surface area contributed by atoms with E-state index in [-0.39, 0.29) is 0 Å². The van der Waals surface area contributed by atoms with Crippen LogP contribution in [0.1, 0.15) is 16.1 Å². The van der Waals surface area contributed by atoms with Crippen LogP contribution in [-0.2, 0) is 0 Å². The molecule has 0 radical (unpaired) electrons. The summed E-state index contributed by atoms with van der Waals surface area (Å²) in [5, 5.41) is 7.17. The van der Waals surface area contributed by atoms with Crippen molar-refractivity contribution in [1.29, 1.82) is 0 Å². The van der Waals surface area contributed by atoms with Gasteiger partial charge in [0.25, 0.3) is 0 Å². The summed E-state index contributed by atoms with van der Waals surface area (Å²) < 4.78 is 1.86. The second-order valence-electron chi connectivity index (χ2n) is 7.14. The Morgan fingerprint density at radius 1 is 0.806 bits per heavy atom.